The fourth-order valence-electron chi connectivity index (χ4n) is 1.94. The van der Waals surface area contributed by atoms with E-state index in [0.717, 1.165) is 24.2 Å². The molecule has 0 aliphatic heterocycles. The zero-order chi connectivity index (χ0) is 14.5. The molecule has 1 atom stereocenters. The number of nitrogens with one attached hydrogen (secondary N) is 1. The SMILES string of the molecule is Cn1nccc1CCNCC(O)c1ccc(F)c(F)c1. The van der Waals surface area contributed by atoms with Gasteiger partial charge in [0.15, 0.2) is 11.6 Å². The minimum Gasteiger partial charge on any atom is -0.387 e. The molecule has 4 nitrogen and oxygen atoms in total. The smallest absolute Gasteiger partial charge is 0.159 e. The topological polar surface area (TPSA) is 50.1 Å². The maximum Gasteiger partial charge on any atom is 0.159 e. The van der Waals surface area contributed by atoms with Crippen LogP contribution in [0, 0.1) is 11.6 Å². The van der Waals surface area contributed by atoms with E-state index in [1.807, 2.05) is 13.1 Å². The molecule has 0 saturated heterocycles. The summed E-state index contributed by atoms with van der Waals surface area (Å²) >= 11 is 0. The van der Waals surface area contributed by atoms with Gasteiger partial charge in [0.1, 0.15) is 0 Å². The van der Waals surface area contributed by atoms with Crippen molar-refractivity contribution in [3.63, 3.8) is 0 Å². The Labute approximate surface area is 116 Å². The Bertz CT molecular complexity index is 571. The number of rotatable bonds is 6. The summed E-state index contributed by atoms with van der Waals surface area (Å²) in [5.41, 5.74) is 1.44. The lowest BCUT2D eigenvalue weighted by Crippen LogP contribution is -2.24. The number of halogens is 2. The van der Waals surface area contributed by atoms with Gasteiger partial charge in [-0.1, -0.05) is 6.07 Å². The molecule has 1 heterocycles. The Balaban J connectivity index is 1.79. The van der Waals surface area contributed by atoms with Crippen LogP contribution in [0.25, 0.3) is 0 Å². The van der Waals surface area contributed by atoms with Crippen LogP contribution in [0.4, 0.5) is 8.78 Å². The lowest BCUT2D eigenvalue weighted by Gasteiger charge is -2.12. The molecule has 0 aliphatic rings. The van der Waals surface area contributed by atoms with Crippen LogP contribution in [-0.2, 0) is 13.5 Å². The Morgan fingerprint density at radius 3 is 2.75 bits per heavy atom. The number of aryl methyl sites for hydroxylation is 1. The van der Waals surface area contributed by atoms with Crippen LogP contribution in [0.1, 0.15) is 17.4 Å². The quantitative estimate of drug-likeness (QED) is 0.790. The average Bonchev–Trinajstić information content (AvgIpc) is 2.83. The molecule has 2 aromatic rings. The highest BCUT2D eigenvalue weighted by molar-refractivity contribution is 5.20. The zero-order valence-corrected chi connectivity index (χ0v) is 11.2. The van der Waals surface area contributed by atoms with Crippen molar-refractivity contribution in [3.8, 4) is 0 Å². The molecule has 1 aromatic carbocycles. The Morgan fingerprint density at radius 1 is 1.30 bits per heavy atom. The van der Waals surface area contributed by atoms with Crippen LogP contribution in [0.3, 0.4) is 0 Å². The summed E-state index contributed by atoms with van der Waals surface area (Å²) in [6, 6.07) is 5.34. The van der Waals surface area contributed by atoms with E-state index >= 15 is 0 Å². The predicted molar refractivity (Wildman–Crippen MR) is 71.1 cm³/mol. The molecule has 0 spiro atoms. The minimum absolute atomic E-state index is 0.281. The molecule has 1 aromatic heterocycles. The second-order valence-corrected chi connectivity index (χ2v) is 4.59. The van der Waals surface area contributed by atoms with Crippen LogP contribution in [0.15, 0.2) is 30.5 Å². The van der Waals surface area contributed by atoms with E-state index in [9.17, 15) is 13.9 Å². The third-order valence-corrected chi connectivity index (χ3v) is 3.15. The Kier molecular flexibility index (Phi) is 4.81. The highest BCUT2D eigenvalue weighted by Gasteiger charge is 2.10. The summed E-state index contributed by atoms with van der Waals surface area (Å²) < 4.78 is 27.6. The summed E-state index contributed by atoms with van der Waals surface area (Å²) in [4.78, 5) is 0. The van der Waals surface area contributed by atoms with Gasteiger partial charge in [-0.25, -0.2) is 8.78 Å². The van der Waals surface area contributed by atoms with E-state index in [2.05, 4.69) is 10.4 Å². The van der Waals surface area contributed by atoms with Crippen molar-refractivity contribution < 1.29 is 13.9 Å². The Morgan fingerprint density at radius 2 is 2.10 bits per heavy atom. The summed E-state index contributed by atoms with van der Waals surface area (Å²) in [5.74, 6) is -1.86. The number of aliphatic hydroxyl groups is 1. The van der Waals surface area contributed by atoms with Gasteiger partial charge in [-0.3, -0.25) is 4.68 Å². The average molecular weight is 281 g/mol. The van der Waals surface area contributed by atoms with Crippen molar-refractivity contribution >= 4 is 0 Å². The highest BCUT2D eigenvalue weighted by Crippen LogP contribution is 2.15. The van der Waals surface area contributed by atoms with Crippen LogP contribution in [-0.4, -0.2) is 28.0 Å². The van der Waals surface area contributed by atoms with E-state index < -0.39 is 17.7 Å². The summed E-state index contributed by atoms with van der Waals surface area (Å²) in [6.45, 7) is 0.948. The first kappa shape index (κ1) is 14.6. The number of hydrogen-bond acceptors (Lipinski definition) is 3. The lowest BCUT2D eigenvalue weighted by atomic mass is 10.1. The molecule has 6 heteroatoms. The Hall–Kier alpha value is -1.79. The van der Waals surface area contributed by atoms with Crippen molar-refractivity contribution in [2.45, 2.75) is 12.5 Å². The van der Waals surface area contributed by atoms with E-state index in [1.54, 1.807) is 10.9 Å². The molecule has 20 heavy (non-hydrogen) atoms. The number of aromatic nitrogens is 2. The molecule has 2 N–H and O–H groups in total. The molecule has 0 bridgehead atoms. The van der Waals surface area contributed by atoms with Gasteiger partial charge in [0.25, 0.3) is 0 Å². The van der Waals surface area contributed by atoms with Gasteiger partial charge in [-0.2, -0.15) is 5.10 Å². The second-order valence-electron chi connectivity index (χ2n) is 4.59. The first-order chi connectivity index (χ1) is 9.58. The van der Waals surface area contributed by atoms with Crippen LogP contribution in [0.5, 0.6) is 0 Å². The van der Waals surface area contributed by atoms with Gasteiger partial charge in [0.05, 0.1) is 6.10 Å². The monoisotopic (exact) mass is 281 g/mol. The second kappa shape index (κ2) is 6.58. The van der Waals surface area contributed by atoms with E-state index in [4.69, 9.17) is 0 Å². The van der Waals surface area contributed by atoms with Gasteiger partial charge in [0, 0.05) is 38.4 Å². The van der Waals surface area contributed by atoms with Crippen molar-refractivity contribution in [1.29, 1.82) is 0 Å². The summed E-state index contributed by atoms with van der Waals surface area (Å²) in [7, 11) is 1.87. The van der Waals surface area contributed by atoms with Crippen LogP contribution in [0.2, 0.25) is 0 Å². The summed E-state index contributed by atoms with van der Waals surface area (Å²) in [5, 5.41) is 17.0. The van der Waals surface area contributed by atoms with Gasteiger partial charge in [0.2, 0.25) is 0 Å². The largest absolute Gasteiger partial charge is 0.387 e. The summed E-state index contributed by atoms with van der Waals surface area (Å²) in [6.07, 6.45) is 1.64. The third kappa shape index (κ3) is 3.61. The van der Waals surface area contributed by atoms with Gasteiger partial charge < -0.3 is 10.4 Å². The maximum absolute atomic E-state index is 13.0. The number of benzene rings is 1. The zero-order valence-electron chi connectivity index (χ0n) is 11.2. The van der Waals surface area contributed by atoms with Gasteiger partial charge >= 0.3 is 0 Å². The molecule has 0 fully saturated rings. The van der Waals surface area contributed by atoms with Crippen molar-refractivity contribution in [2.24, 2.45) is 7.05 Å². The maximum atomic E-state index is 13.0. The van der Waals surface area contributed by atoms with Gasteiger partial charge in [-0.15, -0.1) is 0 Å². The molecule has 0 radical (unpaired) electrons. The number of aliphatic hydroxyl groups excluding tert-OH is 1. The van der Waals surface area contributed by atoms with Crippen molar-refractivity contribution in [3.05, 3.63) is 53.4 Å². The van der Waals surface area contributed by atoms with Crippen LogP contribution < -0.4 is 5.32 Å². The highest BCUT2D eigenvalue weighted by atomic mass is 19.2. The van der Waals surface area contributed by atoms with Crippen LogP contribution >= 0.6 is 0 Å². The number of hydrogen-bond donors (Lipinski definition) is 2. The van der Waals surface area contributed by atoms with E-state index in [-0.39, 0.29) is 6.54 Å². The standard InChI is InChI=1S/C14H17F2N3O/c1-19-11(5-7-18-19)4-6-17-9-14(20)10-2-3-12(15)13(16)8-10/h2-3,5,7-8,14,17,20H,4,6,9H2,1H3. The molecule has 0 aliphatic carbocycles. The first-order valence-electron chi connectivity index (χ1n) is 6.38. The molecule has 0 amide bonds. The van der Waals surface area contributed by atoms with Crippen molar-refractivity contribution in [1.82, 2.24) is 15.1 Å². The molecule has 108 valence electrons. The first-order valence-corrected chi connectivity index (χ1v) is 6.38. The predicted octanol–water partition coefficient (Wildman–Crippen LogP) is 1.56. The van der Waals surface area contributed by atoms with Crippen molar-refractivity contribution in [2.75, 3.05) is 13.1 Å². The molecule has 1 unspecified atom stereocenters. The van der Waals surface area contributed by atoms with E-state index in [1.165, 1.54) is 6.07 Å². The normalized spacial score (nSPS) is 12.6. The van der Waals surface area contributed by atoms with E-state index in [0.29, 0.717) is 12.1 Å². The molecular weight excluding hydrogens is 264 g/mol. The lowest BCUT2D eigenvalue weighted by molar-refractivity contribution is 0.174. The fraction of sp³-hybridized carbons (Fsp3) is 0.357. The van der Waals surface area contributed by atoms with Gasteiger partial charge in [-0.05, 0) is 23.8 Å². The fourth-order valence-corrected chi connectivity index (χ4v) is 1.94. The number of nitrogens with zero attached hydrogens (tertiary/aromatic N) is 2. The third-order valence-electron chi connectivity index (χ3n) is 3.15. The molecular formula is C14H17F2N3O. The molecule has 2 rings (SSSR count). The molecule has 0 saturated carbocycles. The minimum atomic E-state index is -0.948.